The van der Waals surface area contributed by atoms with E-state index in [0.717, 1.165) is 0 Å². The van der Waals surface area contributed by atoms with Crippen LogP contribution in [0.15, 0.2) is 27.6 Å². The lowest BCUT2D eigenvalue weighted by atomic mass is 10.4. The minimum absolute atomic E-state index is 0. The summed E-state index contributed by atoms with van der Waals surface area (Å²) >= 11 is 8.95. The van der Waals surface area contributed by atoms with Crippen LogP contribution in [0.1, 0.15) is 6.92 Å². The van der Waals surface area contributed by atoms with Crippen LogP contribution in [0.25, 0.3) is 0 Å². The number of benzene rings is 1. The maximum atomic E-state index is 11.8. The molecule has 0 bridgehead atoms. The first-order valence-corrected chi connectivity index (χ1v) is 7.19. The summed E-state index contributed by atoms with van der Waals surface area (Å²) < 4.78 is 26.7. The predicted molar refractivity (Wildman–Crippen MR) is 75.2 cm³/mol. The standard InChI is InChI=1S/C9H12BrClN2O2S.ClH/c1-6(5-12)13-16(14,15)7-2-3-9(11)8(10)4-7;/h2-4,6,13H,5,12H2,1H3;1H/t6-;/m1./s1. The molecule has 0 saturated heterocycles. The summed E-state index contributed by atoms with van der Waals surface area (Å²) in [5.74, 6) is 0. The lowest BCUT2D eigenvalue weighted by Crippen LogP contribution is -2.37. The maximum absolute atomic E-state index is 11.8. The zero-order valence-corrected chi connectivity index (χ0v) is 13.0. The highest BCUT2D eigenvalue weighted by atomic mass is 79.9. The van der Waals surface area contributed by atoms with Crippen LogP contribution in [-0.4, -0.2) is 21.0 Å². The van der Waals surface area contributed by atoms with Crippen molar-refractivity contribution in [3.05, 3.63) is 27.7 Å². The number of hydrogen-bond donors (Lipinski definition) is 2. The van der Waals surface area contributed by atoms with Crippen molar-refractivity contribution >= 4 is 50.0 Å². The second kappa shape index (κ2) is 6.92. The van der Waals surface area contributed by atoms with Crippen LogP contribution < -0.4 is 10.5 Å². The summed E-state index contributed by atoms with van der Waals surface area (Å²) in [4.78, 5) is 0.157. The molecule has 0 saturated carbocycles. The summed E-state index contributed by atoms with van der Waals surface area (Å²) in [6, 6.07) is 4.11. The van der Waals surface area contributed by atoms with Crippen molar-refractivity contribution in [1.29, 1.82) is 0 Å². The zero-order chi connectivity index (χ0) is 12.3. The Morgan fingerprint density at radius 2 is 2.12 bits per heavy atom. The largest absolute Gasteiger partial charge is 0.329 e. The van der Waals surface area contributed by atoms with Gasteiger partial charge in [-0.15, -0.1) is 12.4 Å². The minimum atomic E-state index is -3.53. The normalized spacial score (nSPS) is 12.9. The molecule has 0 fully saturated rings. The van der Waals surface area contributed by atoms with E-state index in [1.54, 1.807) is 6.92 Å². The number of nitrogens with two attached hydrogens (primary N) is 1. The van der Waals surface area contributed by atoms with Gasteiger partial charge in [-0.2, -0.15) is 0 Å². The van der Waals surface area contributed by atoms with E-state index in [0.29, 0.717) is 9.50 Å². The molecule has 1 atom stereocenters. The second-order valence-corrected chi connectivity index (χ2v) is 6.31. The first-order valence-electron chi connectivity index (χ1n) is 4.54. The Bertz CT molecular complexity index is 482. The molecule has 8 heteroatoms. The molecule has 0 aliphatic carbocycles. The Balaban J connectivity index is 0.00000256. The van der Waals surface area contributed by atoms with Crippen LogP contribution in [0, 0.1) is 0 Å². The average Bonchev–Trinajstić information content (AvgIpc) is 2.21. The van der Waals surface area contributed by atoms with Crippen molar-refractivity contribution in [2.45, 2.75) is 17.9 Å². The molecular weight excluding hydrogens is 351 g/mol. The SMILES string of the molecule is C[C@H](CN)NS(=O)(=O)c1ccc(Cl)c(Br)c1.Cl. The van der Waals surface area contributed by atoms with Crippen molar-refractivity contribution in [2.24, 2.45) is 5.73 Å². The van der Waals surface area contributed by atoms with E-state index >= 15 is 0 Å². The molecule has 4 nitrogen and oxygen atoms in total. The molecule has 1 aromatic rings. The van der Waals surface area contributed by atoms with Gasteiger partial charge in [0, 0.05) is 17.1 Å². The smallest absolute Gasteiger partial charge is 0.240 e. The number of sulfonamides is 1. The molecule has 98 valence electrons. The molecule has 0 radical (unpaired) electrons. The highest BCUT2D eigenvalue weighted by Crippen LogP contribution is 2.25. The molecule has 0 aliphatic rings. The van der Waals surface area contributed by atoms with Gasteiger partial charge in [0.15, 0.2) is 0 Å². The average molecular weight is 364 g/mol. The highest BCUT2D eigenvalue weighted by Gasteiger charge is 2.17. The first-order chi connectivity index (χ1) is 7.36. The van der Waals surface area contributed by atoms with Crippen LogP contribution in [0.4, 0.5) is 0 Å². The van der Waals surface area contributed by atoms with E-state index in [4.69, 9.17) is 17.3 Å². The van der Waals surface area contributed by atoms with Crippen LogP contribution in [0.3, 0.4) is 0 Å². The number of halogens is 3. The fourth-order valence-corrected chi connectivity index (χ4v) is 2.96. The van der Waals surface area contributed by atoms with Gasteiger partial charge in [0.2, 0.25) is 10.0 Å². The zero-order valence-electron chi connectivity index (χ0n) is 8.98. The van der Waals surface area contributed by atoms with Crippen molar-refractivity contribution in [1.82, 2.24) is 4.72 Å². The summed E-state index contributed by atoms with van der Waals surface area (Å²) in [7, 11) is -3.53. The Hall–Kier alpha value is 0.150. The van der Waals surface area contributed by atoms with Gasteiger partial charge in [-0.1, -0.05) is 11.6 Å². The van der Waals surface area contributed by atoms with E-state index in [2.05, 4.69) is 20.7 Å². The van der Waals surface area contributed by atoms with Crippen molar-refractivity contribution in [2.75, 3.05) is 6.54 Å². The van der Waals surface area contributed by atoms with E-state index in [-0.39, 0.29) is 29.9 Å². The Kier molecular flexibility index (Phi) is 6.98. The van der Waals surface area contributed by atoms with E-state index < -0.39 is 10.0 Å². The van der Waals surface area contributed by atoms with E-state index in [1.165, 1.54) is 18.2 Å². The summed E-state index contributed by atoms with van der Waals surface area (Å²) in [6.07, 6.45) is 0. The lowest BCUT2D eigenvalue weighted by molar-refractivity contribution is 0.562. The Labute approximate surface area is 121 Å². The Morgan fingerprint density at radius 1 is 1.53 bits per heavy atom. The molecule has 0 heterocycles. The van der Waals surface area contributed by atoms with Crippen molar-refractivity contribution in [3.8, 4) is 0 Å². The van der Waals surface area contributed by atoms with Crippen LogP contribution in [-0.2, 0) is 10.0 Å². The molecule has 3 N–H and O–H groups in total. The molecule has 1 rings (SSSR count). The highest BCUT2D eigenvalue weighted by molar-refractivity contribution is 9.10. The van der Waals surface area contributed by atoms with Crippen molar-refractivity contribution < 1.29 is 8.42 Å². The molecule has 0 aromatic heterocycles. The lowest BCUT2D eigenvalue weighted by Gasteiger charge is -2.12. The van der Waals surface area contributed by atoms with Crippen molar-refractivity contribution in [3.63, 3.8) is 0 Å². The molecule has 1 aromatic carbocycles. The summed E-state index contributed by atoms with van der Waals surface area (Å²) in [6.45, 7) is 1.94. The minimum Gasteiger partial charge on any atom is -0.329 e. The first kappa shape index (κ1) is 17.2. The van der Waals surface area contributed by atoms with Crippen LogP contribution in [0.2, 0.25) is 5.02 Å². The quantitative estimate of drug-likeness (QED) is 0.860. The van der Waals surface area contributed by atoms with Gasteiger partial charge in [-0.25, -0.2) is 13.1 Å². The van der Waals surface area contributed by atoms with E-state index in [1.807, 2.05) is 0 Å². The van der Waals surface area contributed by atoms with Gasteiger partial charge < -0.3 is 5.73 Å². The number of rotatable bonds is 4. The molecule has 0 aliphatic heterocycles. The molecular formula is C9H13BrCl2N2O2S. The topological polar surface area (TPSA) is 72.2 Å². The summed E-state index contributed by atoms with van der Waals surface area (Å²) in [5.41, 5.74) is 5.35. The third-order valence-electron chi connectivity index (χ3n) is 1.91. The van der Waals surface area contributed by atoms with Gasteiger partial charge in [0.1, 0.15) is 0 Å². The van der Waals surface area contributed by atoms with Gasteiger partial charge in [0.05, 0.1) is 9.92 Å². The predicted octanol–water partition coefficient (Wildman–Crippen LogP) is 2.15. The third-order valence-corrected chi connectivity index (χ3v) is 4.71. The number of hydrogen-bond acceptors (Lipinski definition) is 3. The molecule has 0 unspecified atom stereocenters. The molecule has 0 spiro atoms. The monoisotopic (exact) mass is 362 g/mol. The van der Waals surface area contributed by atoms with Gasteiger partial charge in [-0.05, 0) is 41.1 Å². The van der Waals surface area contributed by atoms with E-state index in [9.17, 15) is 8.42 Å². The molecule has 17 heavy (non-hydrogen) atoms. The van der Waals surface area contributed by atoms with Gasteiger partial charge in [-0.3, -0.25) is 0 Å². The van der Waals surface area contributed by atoms with Gasteiger partial charge in [0.25, 0.3) is 0 Å². The third kappa shape index (κ3) is 4.73. The second-order valence-electron chi connectivity index (χ2n) is 3.33. The molecule has 0 amide bonds. The maximum Gasteiger partial charge on any atom is 0.240 e. The fourth-order valence-electron chi connectivity index (χ4n) is 1.03. The van der Waals surface area contributed by atoms with Gasteiger partial charge >= 0.3 is 0 Å². The fraction of sp³-hybridized carbons (Fsp3) is 0.333. The van der Waals surface area contributed by atoms with Crippen LogP contribution >= 0.6 is 39.9 Å². The Morgan fingerprint density at radius 3 is 2.59 bits per heavy atom. The van der Waals surface area contributed by atoms with Crippen LogP contribution in [0.5, 0.6) is 0 Å². The summed E-state index contributed by atoms with van der Waals surface area (Å²) in [5, 5.41) is 0.464. The number of nitrogens with one attached hydrogen (secondary N) is 1.